The number of amides is 1. The number of aromatic amines is 1. The molecule has 0 unspecified atom stereocenters. The summed E-state index contributed by atoms with van der Waals surface area (Å²) >= 11 is 5.86. The molecule has 0 atom stereocenters. The van der Waals surface area contributed by atoms with E-state index in [4.69, 9.17) is 11.6 Å². The van der Waals surface area contributed by atoms with Gasteiger partial charge in [-0.3, -0.25) is 9.59 Å². The van der Waals surface area contributed by atoms with Gasteiger partial charge in [-0.1, -0.05) is 30.9 Å². The van der Waals surface area contributed by atoms with E-state index in [2.05, 4.69) is 15.3 Å². The lowest BCUT2D eigenvalue weighted by Gasteiger charge is -2.22. The van der Waals surface area contributed by atoms with Crippen LogP contribution in [0.25, 0.3) is 11.4 Å². The lowest BCUT2D eigenvalue weighted by Crippen LogP contribution is -2.38. The van der Waals surface area contributed by atoms with Gasteiger partial charge >= 0.3 is 0 Å². The monoisotopic (exact) mass is 345 g/mol. The number of nitrogens with zero attached hydrogens (tertiary/aromatic N) is 1. The van der Waals surface area contributed by atoms with Crippen molar-refractivity contribution in [2.24, 2.45) is 0 Å². The topological polar surface area (TPSA) is 74.8 Å². The number of aromatic nitrogens is 2. The van der Waals surface area contributed by atoms with E-state index in [-0.39, 0.29) is 23.9 Å². The summed E-state index contributed by atoms with van der Waals surface area (Å²) in [5.41, 5.74) is 0.865. The number of nitrogens with one attached hydrogen (secondary N) is 2. The molecule has 1 fully saturated rings. The molecular weight excluding hydrogens is 326 g/mol. The van der Waals surface area contributed by atoms with E-state index in [0.717, 1.165) is 31.2 Å². The summed E-state index contributed by atoms with van der Waals surface area (Å²) < 4.78 is 0. The van der Waals surface area contributed by atoms with Crippen LogP contribution in [-0.4, -0.2) is 21.9 Å². The number of hydrogen-bond acceptors (Lipinski definition) is 3. The van der Waals surface area contributed by atoms with Crippen molar-refractivity contribution in [3.05, 3.63) is 51.4 Å². The van der Waals surface area contributed by atoms with Crippen molar-refractivity contribution in [1.82, 2.24) is 15.3 Å². The molecule has 3 rings (SSSR count). The third-order valence-electron chi connectivity index (χ3n) is 4.31. The molecule has 126 valence electrons. The second-order valence-electron chi connectivity index (χ2n) is 6.17. The maximum atomic E-state index is 12.2. The third-order valence-corrected chi connectivity index (χ3v) is 4.56. The Bertz CT molecular complexity index is 765. The second-order valence-corrected chi connectivity index (χ2v) is 6.61. The fourth-order valence-corrected chi connectivity index (χ4v) is 3.13. The fourth-order valence-electron chi connectivity index (χ4n) is 3.00. The lowest BCUT2D eigenvalue weighted by molar-refractivity contribution is -0.121. The molecule has 6 heteroatoms. The van der Waals surface area contributed by atoms with Gasteiger partial charge in [0.15, 0.2) is 0 Å². The van der Waals surface area contributed by atoms with Gasteiger partial charge in [0.2, 0.25) is 5.91 Å². The van der Waals surface area contributed by atoms with Crippen LogP contribution in [0.1, 0.15) is 37.7 Å². The second kappa shape index (κ2) is 7.62. The van der Waals surface area contributed by atoms with E-state index in [1.165, 1.54) is 12.6 Å². The Kier molecular flexibility index (Phi) is 5.30. The fraction of sp³-hybridized carbons (Fsp3) is 0.389. The van der Waals surface area contributed by atoms with E-state index in [9.17, 15) is 9.59 Å². The van der Waals surface area contributed by atoms with Crippen LogP contribution in [0.2, 0.25) is 5.02 Å². The van der Waals surface area contributed by atoms with E-state index < -0.39 is 0 Å². The highest BCUT2D eigenvalue weighted by Gasteiger charge is 2.17. The number of carbonyl (C=O) groups excluding carboxylic acids is 1. The predicted molar refractivity (Wildman–Crippen MR) is 94.0 cm³/mol. The number of halogens is 1. The first-order chi connectivity index (χ1) is 11.6. The van der Waals surface area contributed by atoms with Crippen LogP contribution in [0.4, 0.5) is 0 Å². The van der Waals surface area contributed by atoms with E-state index in [0.29, 0.717) is 16.4 Å². The number of hydrogen-bond donors (Lipinski definition) is 2. The molecule has 0 saturated heterocycles. The van der Waals surface area contributed by atoms with Gasteiger partial charge in [0, 0.05) is 28.4 Å². The van der Waals surface area contributed by atoms with E-state index in [1.54, 1.807) is 24.3 Å². The summed E-state index contributed by atoms with van der Waals surface area (Å²) in [5.74, 6) is 0.349. The van der Waals surface area contributed by atoms with Crippen molar-refractivity contribution < 1.29 is 4.79 Å². The Hall–Kier alpha value is -2.14. The van der Waals surface area contributed by atoms with Crippen molar-refractivity contribution in [2.75, 3.05) is 0 Å². The lowest BCUT2D eigenvalue weighted by atomic mass is 9.95. The summed E-state index contributed by atoms with van der Waals surface area (Å²) in [6, 6.07) is 7.29. The molecule has 1 heterocycles. The Morgan fingerprint density at radius 2 is 1.92 bits per heavy atom. The summed E-state index contributed by atoms with van der Waals surface area (Å²) in [5, 5.41) is 3.64. The van der Waals surface area contributed by atoms with Crippen molar-refractivity contribution in [3.63, 3.8) is 0 Å². The molecule has 1 amide bonds. The normalized spacial score (nSPS) is 15.2. The molecule has 5 nitrogen and oxygen atoms in total. The van der Waals surface area contributed by atoms with Crippen molar-refractivity contribution in [3.8, 4) is 11.4 Å². The molecule has 0 radical (unpaired) electrons. The predicted octanol–water partition coefficient (Wildman–Crippen LogP) is 3.08. The van der Waals surface area contributed by atoms with Crippen LogP contribution in [-0.2, 0) is 11.2 Å². The zero-order valence-electron chi connectivity index (χ0n) is 13.3. The Morgan fingerprint density at radius 1 is 1.21 bits per heavy atom. The zero-order chi connectivity index (χ0) is 16.9. The van der Waals surface area contributed by atoms with Crippen LogP contribution in [0, 0.1) is 0 Å². The SMILES string of the molecule is O=C(Cc1cnc(-c2ccc(Cl)cc2)[nH]c1=O)NC1CCCCC1. The van der Waals surface area contributed by atoms with Crippen LogP contribution in [0.15, 0.2) is 35.3 Å². The Labute approximate surface area is 145 Å². The third kappa shape index (κ3) is 4.23. The maximum Gasteiger partial charge on any atom is 0.254 e. The highest BCUT2D eigenvalue weighted by molar-refractivity contribution is 6.30. The van der Waals surface area contributed by atoms with Crippen LogP contribution in [0.3, 0.4) is 0 Å². The molecule has 1 aliphatic rings. The van der Waals surface area contributed by atoms with Gasteiger partial charge in [-0.05, 0) is 37.1 Å². The summed E-state index contributed by atoms with van der Waals surface area (Å²) in [7, 11) is 0. The molecule has 2 N–H and O–H groups in total. The molecule has 0 aliphatic heterocycles. The molecule has 1 aliphatic carbocycles. The highest BCUT2D eigenvalue weighted by atomic mass is 35.5. The maximum absolute atomic E-state index is 12.2. The van der Waals surface area contributed by atoms with Crippen molar-refractivity contribution in [2.45, 2.75) is 44.6 Å². The quantitative estimate of drug-likeness (QED) is 0.894. The number of carbonyl (C=O) groups is 1. The minimum atomic E-state index is -0.284. The Balaban J connectivity index is 1.67. The molecule has 0 bridgehead atoms. The largest absolute Gasteiger partial charge is 0.353 e. The van der Waals surface area contributed by atoms with Crippen LogP contribution in [0.5, 0.6) is 0 Å². The van der Waals surface area contributed by atoms with Crippen LogP contribution < -0.4 is 10.9 Å². The molecular formula is C18H20ClN3O2. The van der Waals surface area contributed by atoms with Crippen molar-refractivity contribution in [1.29, 1.82) is 0 Å². The van der Waals surface area contributed by atoms with Gasteiger partial charge in [0.25, 0.3) is 5.56 Å². The average Bonchev–Trinajstić information content (AvgIpc) is 2.58. The number of rotatable bonds is 4. The van der Waals surface area contributed by atoms with Gasteiger partial charge in [-0.25, -0.2) is 4.98 Å². The molecule has 0 spiro atoms. The minimum Gasteiger partial charge on any atom is -0.353 e. The number of benzene rings is 1. The number of H-pyrrole nitrogens is 1. The first-order valence-corrected chi connectivity index (χ1v) is 8.63. The molecule has 1 aromatic heterocycles. The van der Waals surface area contributed by atoms with Gasteiger partial charge in [-0.15, -0.1) is 0 Å². The smallest absolute Gasteiger partial charge is 0.254 e. The highest BCUT2D eigenvalue weighted by Crippen LogP contribution is 2.18. The molecule has 2 aromatic rings. The van der Waals surface area contributed by atoms with Crippen LogP contribution >= 0.6 is 11.6 Å². The molecule has 1 saturated carbocycles. The van der Waals surface area contributed by atoms with E-state index >= 15 is 0 Å². The first kappa shape index (κ1) is 16.7. The van der Waals surface area contributed by atoms with E-state index in [1.807, 2.05) is 0 Å². The average molecular weight is 346 g/mol. The minimum absolute atomic E-state index is 0.0553. The van der Waals surface area contributed by atoms with Crippen molar-refractivity contribution >= 4 is 17.5 Å². The van der Waals surface area contributed by atoms with Gasteiger partial charge < -0.3 is 10.3 Å². The molecule has 24 heavy (non-hydrogen) atoms. The van der Waals surface area contributed by atoms with Gasteiger partial charge in [0.05, 0.1) is 6.42 Å². The standard InChI is InChI=1S/C18H20ClN3O2/c19-14-8-6-12(7-9-14)17-20-11-13(18(24)22-17)10-16(23)21-15-4-2-1-3-5-15/h6-9,11,15H,1-5,10H2,(H,21,23)(H,20,22,24). The molecule has 1 aromatic carbocycles. The zero-order valence-corrected chi connectivity index (χ0v) is 14.1. The first-order valence-electron chi connectivity index (χ1n) is 8.25. The van der Waals surface area contributed by atoms with Gasteiger partial charge in [0.1, 0.15) is 5.82 Å². The summed E-state index contributed by atoms with van der Waals surface area (Å²) in [6.45, 7) is 0. The summed E-state index contributed by atoms with van der Waals surface area (Å²) in [4.78, 5) is 31.3. The summed E-state index contributed by atoms with van der Waals surface area (Å²) in [6.07, 6.45) is 7.13. The van der Waals surface area contributed by atoms with Gasteiger partial charge in [-0.2, -0.15) is 0 Å². The Morgan fingerprint density at radius 3 is 2.58 bits per heavy atom.